The number of pyridine rings is 2. The van der Waals surface area contributed by atoms with E-state index in [-0.39, 0.29) is 11.4 Å². The summed E-state index contributed by atoms with van der Waals surface area (Å²) >= 11 is 2.37. The van der Waals surface area contributed by atoms with Gasteiger partial charge in [-0.1, -0.05) is 104 Å². The maximum atomic E-state index is 15.2. The first-order valence-electron chi connectivity index (χ1n) is 36.9. The van der Waals surface area contributed by atoms with Crippen molar-refractivity contribution < 1.29 is 47.3 Å². The normalized spacial score (nSPS) is 21.6. The fraction of sp³-hybridized carbons (Fsp3) is 0.703. The molecule has 5 aliphatic rings. The summed E-state index contributed by atoms with van der Waals surface area (Å²) in [5, 5.41) is 29.7. The van der Waals surface area contributed by atoms with Crippen LogP contribution in [0.15, 0.2) is 49.1 Å². The fourth-order valence-electron chi connectivity index (χ4n) is 14.1. The summed E-state index contributed by atoms with van der Waals surface area (Å²) in [5.74, 6) is 5.03. The number of hydrogen-bond donors (Lipinski definition) is 2. The Kier molecular flexibility index (Phi) is 26.2. The Hall–Kier alpha value is -3.66. The van der Waals surface area contributed by atoms with E-state index in [1.54, 1.807) is 12.4 Å². The van der Waals surface area contributed by atoms with Crippen molar-refractivity contribution >= 4 is 90.4 Å². The number of halogens is 3. The van der Waals surface area contributed by atoms with Crippen molar-refractivity contribution in [2.24, 2.45) is 23.7 Å². The lowest BCUT2D eigenvalue weighted by molar-refractivity contribution is 0.00578. The average Bonchev–Trinajstić information content (AvgIpc) is 1.59. The molecule has 4 bridgehead atoms. The Labute approximate surface area is 614 Å². The number of rotatable bonds is 28. The molecule has 2 unspecified atom stereocenters. The SMILES string of the molecule is CC(C)(O)c1ncc(-c2cnn3c(N(COCC[Si](C)(C)C)COCC[Si](C)(C)C)cc(C4C[C@H]5CC[C@@H](C4)C5)nc23)cc1F.CC(C)(O)c1ncc(B2OC(C)(C)C(C)(C)O2)cc1F.C[Si](C)(C)CCOCN(COCC[Si](C)(C)C)c1cc(C2C[C@H]3CC[C@@H](C2)C3)nc2c(I)cnn12. The quantitative estimate of drug-likeness (QED) is 0.0204. The zero-order valence-corrected chi connectivity index (χ0v) is 70.3. The predicted molar refractivity (Wildman–Crippen MR) is 419 cm³/mol. The third-order valence-corrected chi connectivity index (χ3v) is 28.4. The number of aromatic nitrogens is 8. The van der Waals surface area contributed by atoms with Crippen LogP contribution in [-0.4, -0.2) is 153 Å². The van der Waals surface area contributed by atoms with Gasteiger partial charge in [0.05, 0.1) is 27.2 Å². The fourth-order valence-corrected chi connectivity index (χ4v) is 17.6. The van der Waals surface area contributed by atoms with Crippen LogP contribution >= 0.6 is 22.6 Å². The third-order valence-electron chi connectivity index (χ3n) is 20.8. The summed E-state index contributed by atoms with van der Waals surface area (Å²) in [4.78, 5) is 23.1. The largest absolute Gasteiger partial charge is 0.496 e. The molecule has 1 saturated heterocycles. The molecule has 0 spiro atoms. The molecular formula is C74H120BF2IN10O8Si4. The molecule has 6 aromatic heterocycles. The van der Waals surface area contributed by atoms with Crippen LogP contribution < -0.4 is 15.3 Å². The van der Waals surface area contributed by atoms with Gasteiger partial charge in [-0.25, -0.2) is 18.7 Å². The van der Waals surface area contributed by atoms with Gasteiger partial charge in [0.15, 0.2) is 11.3 Å². The number of aliphatic hydroxyl groups is 2. The van der Waals surface area contributed by atoms with Crippen LogP contribution in [0.4, 0.5) is 20.4 Å². The van der Waals surface area contributed by atoms with Gasteiger partial charge in [0.1, 0.15) is 72.8 Å². The Balaban J connectivity index is 0.000000188. The Morgan fingerprint density at radius 2 is 0.890 bits per heavy atom. The van der Waals surface area contributed by atoms with E-state index in [9.17, 15) is 14.6 Å². The average molecular weight is 1570 g/mol. The maximum absolute atomic E-state index is 15.2. The van der Waals surface area contributed by atoms with E-state index in [1.165, 1.54) is 115 Å². The van der Waals surface area contributed by atoms with E-state index in [1.807, 2.05) is 42.9 Å². The molecule has 6 aromatic rings. The minimum Gasteiger partial charge on any atom is -0.399 e. The number of fused-ring (bicyclic) bond motifs is 6. The van der Waals surface area contributed by atoms with Crippen LogP contribution in [0.25, 0.3) is 22.4 Å². The molecule has 0 amide bonds. The van der Waals surface area contributed by atoms with Crippen LogP contribution in [-0.2, 0) is 39.5 Å². The van der Waals surface area contributed by atoms with Gasteiger partial charge < -0.3 is 48.3 Å². The number of anilines is 2. The summed E-state index contributed by atoms with van der Waals surface area (Å²) in [7, 11) is -5.43. The standard InChI is InChI=1S/C34H54FN5O3Si2.C26H45IN4O2Si2.C14H21BFNO3/c1-34(2,41)32-29(35)18-27(20-36-32)28-21-37-40-31(19-30(38-33(28)40)26-16-24-9-10-25(15-24)17-26)39(22-42-11-13-44(3,4)5)23-43-12-14-45(6,7)8;1-34(2,3)11-9-32-18-30(19-33-10-12-35(4,5)6)25-16-24(29-26-23(27)17-28-31(25)26)22-14-20-7-8-21(13-20)15-22;1-12(2,18)11-10(16)7-9(8-17-11)15-19-13(3,4)14(5,6)20-15/h18-21,24-26,41H,9-17,22-23H2,1-8H3;16-17,20-22H,7-15,18-19H2,1-6H3;7-8,18H,1-6H3/t24-,25+,26?;20-,21+,22?;. The first-order chi connectivity index (χ1) is 46.5. The predicted octanol–water partition coefficient (Wildman–Crippen LogP) is 16.7. The smallest absolute Gasteiger partial charge is 0.399 e. The summed E-state index contributed by atoms with van der Waals surface area (Å²) in [6.07, 6.45) is 19.8. The highest BCUT2D eigenvalue weighted by Gasteiger charge is 2.52. The van der Waals surface area contributed by atoms with Gasteiger partial charge >= 0.3 is 7.12 Å². The lowest BCUT2D eigenvalue weighted by Crippen LogP contribution is -2.41. The van der Waals surface area contributed by atoms with E-state index >= 15 is 4.39 Å². The van der Waals surface area contributed by atoms with E-state index in [4.69, 9.17) is 48.4 Å². The van der Waals surface area contributed by atoms with Crippen LogP contribution in [0.2, 0.25) is 103 Å². The van der Waals surface area contributed by atoms with Crippen LogP contribution in [0, 0.1) is 38.9 Å². The van der Waals surface area contributed by atoms with Gasteiger partial charge in [-0.15, -0.1) is 0 Å². The molecule has 0 radical (unpaired) electrons. The molecule has 7 heterocycles. The highest BCUT2D eigenvalue weighted by atomic mass is 127. The van der Waals surface area contributed by atoms with Crippen molar-refractivity contribution in [1.82, 2.24) is 39.2 Å². The number of hydrogen-bond acceptors (Lipinski definition) is 16. The molecule has 554 valence electrons. The van der Waals surface area contributed by atoms with Crippen LogP contribution in [0.1, 0.15) is 154 Å². The van der Waals surface area contributed by atoms with Gasteiger partial charge in [0, 0.05) is 123 Å². The molecule has 26 heteroatoms. The van der Waals surface area contributed by atoms with E-state index < -0.39 is 73.5 Å². The first-order valence-corrected chi connectivity index (χ1v) is 52.8. The van der Waals surface area contributed by atoms with Crippen LogP contribution in [0.3, 0.4) is 0 Å². The highest BCUT2D eigenvalue weighted by molar-refractivity contribution is 14.1. The molecule has 6 atom stereocenters. The molecule has 11 rings (SSSR count). The second kappa shape index (κ2) is 32.6. The molecule has 2 N–H and O–H groups in total. The maximum Gasteiger partial charge on any atom is 0.496 e. The minimum absolute atomic E-state index is 0.0118. The zero-order chi connectivity index (χ0) is 73.1. The number of ether oxygens (including phenoxy) is 4. The Morgan fingerprint density at radius 3 is 1.26 bits per heavy atom. The van der Waals surface area contributed by atoms with Crippen molar-refractivity contribution in [3.05, 3.63) is 87.0 Å². The van der Waals surface area contributed by atoms with Gasteiger partial charge in [0.2, 0.25) is 0 Å². The second-order valence-electron chi connectivity index (χ2n) is 36.4. The van der Waals surface area contributed by atoms with Gasteiger partial charge in [-0.05, 0) is 176 Å². The van der Waals surface area contributed by atoms with Crippen LogP contribution in [0.5, 0.6) is 0 Å². The summed E-state index contributed by atoms with van der Waals surface area (Å²) < 4.78 is 71.0. The highest BCUT2D eigenvalue weighted by Crippen LogP contribution is 2.50. The monoisotopic (exact) mass is 1560 g/mol. The summed E-state index contributed by atoms with van der Waals surface area (Å²) in [6, 6.07) is 11.7. The molecule has 4 aliphatic carbocycles. The molecule has 0 aromatic carbocycles. The molecule has 4 saturated carbocycles. The zero-order valence-electron chi connectivity index (χ0n) is 64.2. The summed E-state index contributed by atoms with van der Waals surface area (Å²) in [6.45, 7) is 47.2. The van der Waals surface area contributed by atoms with Crippen molar-refractivity contribution in [1.29, 1.82) is 0 Å². The Bertz CT molecular complexity index is 3610. The van der Waals surface area contributed by atoms with E-state index in [0.717, 1.165) is 88.4 Å². The van der Waals surface area contributed by atoms with Gasteiger partial charge in [0.25, 0.3) is 0 Å². The Morgan fingerprint density at radius 1 is 0.530 bits per heavy atom. The van der Waals surface area contributed by atoms with Crippen molar-refractivity contribution in [3.63, 3.8) is 0 Å². The topological polar surface area (TPSA) is 188 Å². The third kappa shape index (κ3) is 22.0. The molecule has 18 nitrogen and oxygen atoms in total. The molecule has 1 aliphatic heterocycles. The molecule has 5 fully saturated rings. The minimum atomic E-state index is -1.38. The first kappa shape index (κ1) is 80.4. The van der Waals surface area contributed by atoms with Gasteiger partial charge in [-0.3, -0.25) is 9.97 Å². The number of nitrogens with zero attached hydrogens (tertiary/aromatic N) is 10. The lowest BCUT2D eigenvalue weighted by atomic mass is 9.79. The van der Waals surface area contributed by atoms with Crippen molar-refractivity contribution in [3.8, 4) is 11.1 Å². The van der Waals surface area contributed by atoms with E-state index in [2.05, 4.69) is 133 Å². The second-order valence-corrected chi connectivity index (χ2v) is 60.0. The molecule has 100 heavy (non-hydrogen) atoms. The lowest BCUT2D eigenvalue weighted by Gasteiger charge is -2.32. The van der Waals surface area contributed by atoms with Crippen molar-refractivity contribution in [2.45, 2.75) is 257 Å². The van der Waals surface area contributed by atoms with Gasteiger partial charge in [-0.2, -0.15) is 19.2 Å². The summed E-state index contributed by atoms with van der Waals surface area (Å²) in [5.41, 5.74) is 2.10. The van der Waals surface area contributed by atoms with E-state index in [0.29, 0.717) is 74.2 Å². The molecular weight excluding hydrogens is 1440 g/mol. The van der Waals surface area contributed by atoms with Crippen molar-refractivity contribution in [2.75, 3.05) is 63.2 Å².